The summed E-state index contributed by atoms with van der Waals surface area (Å²) in [6, 6.07) is 0. The third-order valence-electron chi connectivity index (χ3n) is 3.49. The molecule has 1 aliphatic heterocycles. The van der Waals surface area contributed by atoms with E-state index in [-0.39, 0.29) is 5.91 Å². The minimum atomic E-state index is 0.209. The number of hydrogen-bond acceptors (Lipinski definition) is 5. The number of anilines is 1. The molecule has 1 unspecified atom stereocenters. The zero-order valence-electron chi connectivity index (χ0n) is 12.3. The summed E-state index contributed by atoms with van der Waals surface area (Å²) < 4.78 is 5.02. The molecular formula is C14H22N4O2. The van der Waals surface area contributed by atoms with E-state index in [1.807, 2.05) is 18.7 Å². The molecule has 0 bridgehead atoms. The second-order valence-electron chi connectivity index (χ2n) is 5.23. The first-order chi connectivity index (χ1) is 9.60. The number of aromatic nitrogens is 2. The van der Waals surface area contributed by atoms with Crippen LogP contribution in [0, 0.1) is 19.8 Å². The van der Waals surface area contributed by atoms with Crippen molar-refractivity contribution in [2.24, 2.45) is 5.92 Å². The van der Waals surface area contributed by atoms with Gasteiger partial charge in [-0.2, -0.15) is 0 Å². The number of aryl methyl sites for hydroxylation is 2. The fourth-order valence-electron chi connectivity index (χ4n) is 2.35. The molecular weight excluding hydrogens is 256 g/mol. The van der Waals surface area contributed by atoms with Gasteiger partial charge in [0.1, 0.15) is 5.82 Å². The van der Waals surface area contributed by atoms with Crippen molar-refractivity contribution in [2.75, 3.05) is 38.7 Å². The maximum absolute atomic E-state index is 11.8. The predicted molar refractivity (Wildman–Crippen MR) is 76.6 cm³/mol. The molecule has 0 saturated carbocycles. The van der Waals surface area contributed by atoms with Gasteiger partial charge in [-0.05, 0) is 13.8 Å². The van der Waals surface area contributed by atoms with Crippen LogP contribution in [-0.2, 0) is 9.53 Å². The van der Waals surface area contributed by atoms with Crippen LogP contribution in [-0.4, -0.2) is 54.1 Å². The van der Waals surface area contributed by atoms with E-state index in [2.05, 4.69) is 15.3 Å². The van der Waals surface area contributed by atoms with Crippen LogP contribution in [0.3, 0.4) is 0 Å². The molecule has 2 rings (SSSR count). The molecule has 1 aromatic rings. The Morgan fingerprint density at radius 2 is 2.30 bits per heavy atom. The number of carbonyl (C=O) groups excluding carboxylic acids is 1. The van der Waals surface area contributed by atoms with Crippen LogP contribution < -0.4 is 5.32 Å². The highest BCUT2D eigenvalue weighted by Crippen LogP contribution is 2.18. The quantitative estimate of drug-likeness (QED) is 0.841. The van der Waals surface area contributed by atoms with E-state index in [4.69, 9.17) is 4.74 Å². The van der Waals surface area contributed by atoms with Crippen LogP contribution in [0.2, 0.25) is 0 Å². The molecule has 6 heteroatoms. The Balaban J connectivity index is 1.86. The van der Waals surface area contributed by atoms with Gasteiger partial charge in [0.2, 0.25) is 5.91 Å². The SMILES string of the molecule is COCCN1CC(CNc2nc(C)cnc2C)CC1=O. The maximum Gasteiger partial charge on any atom is 0.223 e. The molecule has 1 saturated heterocycles. The third-order valence-corrected chi connectivity index (χ3v) is 3.49. The highest BCUT2D eigenvalue weighted by atomic mass is 16.5. The monoisotopic (exact) mass is 278 g/mol. The summed E-state index contributed by atoms with van der Waals surface area (Å²) in [7, 11) is 1.65. The molecule has 1 N–H and O–H groups in total. The molecule has 1 amide bonds. The Labute approximate surface area is 119 Å². The standard InChI is InChI=1S/C14H22N4O2/c1-10-7-15-11(2)14(17-10)16-8-12-6-13(19)18(9-12)4-5-20-3/h7,12H,4-6,8-9H2,1-3H3,(H,16,17). The maximum atomic E-state index is 11.8. The first-order valence-corrected chi connectivity index (χ1v) is 6.91. The first kappa shape index (κ1) is 14.7. The van der Waals surface area contributed by atoms with Crippen molar-refractivity contribution >= 4 is 11.7 Å². The van der Waals surface area contributed by atoms with E-state index in [1.54, 1.807) is 13.3 Å². The molecule has 1 atom stereocenters. The Morgan fingerprint density at radius 1 is 1.50 bits per heavy atom. The van der Waals surface area contributed by atoms with Gasteiger partial charge >= 0.3 is 0 Å². The van der Waals surface area contributed by atoms with Crippen molar-refractivity contribution in [3.63, 3.8) is 0 Å². The van der Waals surface area contributed by atoms with E-state index in [9.17, 15) is 4.79 Å². The smallest absolute Gasteiger partial charge is 0.223 e. The van der Waals surface area contributed by atoms with Crippen LogP contribution in [0.4, 0.5) is 5.82 Å². The molecule has 1 fully saturated rings. The van der Waals surface area contributed by atoms with E-state index in [0.717, 1.165) is 30.3 Å². The number of likely N-dealkylation sites (tertiary alicyclic amines) is 1. The normalized spacial score (nSPS) is 18.6. The summed E-state index contributed by atoms with van der Waals surface area (Å²) in [5.74, 6) is 1.34. The number of methoxy groups -OCH3 is 1. The first-order valence-electron chi connectivity index (χ1n) is 6.91. The highest BCUT2D eigenvalue weighted by Gasteiger charge is 2.29. The van der Waals surface area contributed by atoms with Crippen molar-refractivity contribution < 1.29 is 9.53 Å². The van der Waals surface area contributed by atoms with Crippen LogP contribution >= 0.6 is 0 Å². The van der Waals surface area contributed by atoms with Crippen molar-refractivity contribution in [3.8, 4) is 0 Å². The van der Waals surface area contributed by atoms with Crippen molar-refractivity contribution in [1.82, 2.24) is 14.9 Å². The fraction of sp³-hybridized carbons (Fsp3) is 0.643. The predicted octanol–water partition coefficient (Wildman–Crippen LogP) is 1.00. The lowest BCUT2D eigenvalue weighted by Gasteiger charge is -2.16. The van der Waals surface area contributed by atoms with E-state index in [0.29, 0.717) is 25.5 Å². The average molecular weight is 278 g/mol. The molecule has 0 spiro atoms. The van der Waals surface area contributed by atoms with Gasteiger partial charge in [-0.3, -0.25) is 9.78 Å². The number of hydrogen-bond donors (Lipinski definition) is 1. The zero-order valence-corrected chi connectivity index (χ0v) is 12.3. The number of rotatable bonds is 6. The van der Waals surface area contributed by atoms with Crippen molar-refractivity contribution in [2.45, 2.75) is 20.3 Å². The van der Waals surface area contributed by atoms with Crippen LogP contribution in [0.5, 0.6) is 0 Å². The van der Waals surface area contributed by atoms with Crippen LogP contribution in [0.25, 0.3) is 0 Å². The molecule has 110 valence electrons. The number of ether oxygens (including phenoxy) is 1. The van der Waals surface area contributed by atoms with Crippen LogP contribution in [0.1, 0.15) is 17.8 Å². The Kier molecular flexibility index (Phi) is 4.89. The molecule has 1 aliphatic rings. The largest absolute Gasteiger partial charge is 0.383 e. The van der Waals surface area contributed by atoms with E-state index in [1.165, 1.54) is 0 Å². The average Bonchev–Trinajstić information content (AvgIpc) is 2.78. The molecule has 0 aromatic carbocycles. The minimum absolute atomic E-state index is 0.209. The van der Waals surface area contributed by atoms with Crippen molar-refractivity contribution in [1.29, 1.82) is 0 Å². The Morgan fingerprint density at radius 3 is 3.05 bits per heavy atom. The van der Waals surface area contributed by atoms with Gasteiger partial charge in [-0.1, -0.05) is 0 Å². The Hall–Kier alpha value is -1.69. The minimum Gasteiger partial charge on any atom is -0.383 e. The summed E-state index contributed by atoms with van der Waals surface area (Å²) >= 11 is 0. The molecule has 0 radical (unpaired) electrons. The number of nitrogens with one attached hydrogen (secondary N) is 1. The number of carbonyl (C=O) groups is 1. The topological polar surface area (TPSA) is 67.3 Å². The van der Waals surface area contributed by atoms with Crippen molar-refractivity contribution in [3.05, 3.63) is 17.6 Å². The summed E-state index contributed by atoms with van der Waals surface area (Å²) in [6.07, 6.45) is 2.35. The van der Waals surface area contributed by atoms with E-state index >= 15 is 0 Å². The molecule has 2 heterocycles. The summed E-state index contributed by atoms with van der Waals surface area (Å²) in [5, 5.41) is 3.31. The van der Waals surface area contributed by atoms with Gasteiger partial charge in [0, 0.05) is 45.3 Å². The summed E-state index contributed by atoms with van der Waals surface area (Å²) in [4.78, 5) is 22.4. The number of amides is 1. The van der Waals surface area contributed by atoms with Gasteiger partial charge in [0.05, 0.1) is 18.0 Å². The molecule has 0 aliphatic carbocycles. The zero-order chi connectivity index (χ0) is 14.5. The second-order valence-corrected chi connectivity index (χ2v) is 5.23. The van der Waals surface area contributed by atoms with Gasteiger partial charge < -0.3 is 15.0 Å². The van der Waals surface area contributed by atoms with Gasteiger partial charge in [0.15, 0.2) is 0 Å². The molecule has 20 heavy (non-hydrogen) atoms. The fourth-order valence-corrected chi connectivity index (χ4v) is 2.35. The summed E-state index contributed by atoms with van der Waals surface area (Å²) in [6.45, 7) is 6.65. The van der Waals surface area contributed by atoms with Crippen LogP contribution in [0.15, 0.2) is 6.20 Å². The third kappa shape index (κ3) is 3.66. The van der Waals surface area contributed by atoms with Gasteiger partial charge in [-0.15, -0.1) is 0 Å². The molecule has 6 nitrogen and oxygen atoms in total. The lowest BCUT2D eigenvalue weighted by atomic mass is 10.1. The number of nitrogens with zero attached hydrogens (tertiary/aromatic N) is 3. The summed E-state index contributed by atoms with van der Waals surface area (Å²) in [5.41, 5.74) is 1.78. The van der Waals surface area contributed by atoms with Gasteiger partial charge in [-0.25, -0.2) is 4.98 Å². The lowest BCUT2D eigenvalue weighted by molar-refractivity contribution is -0.128. The lowest BCUT2D eigenvalue weighted by Crippen LogP contribution is -2.29. The van der Waals surface area contributed by atoms with E-state index < -0.39 is 0 Å². The highest BCUT2D eigenvalue weighted by molar-refractivity contribution is 5.78. The van der Waals surface area contributed by atoms with Gasteiger partial charge in [0.25, 0.3) is 0 Å². The second kappa shape index (κ2) is 6.65. The molecule has 1 aromatic heterocycles. The Bertz CT molecular complexity index is 478.